The molecule has 0 amide bonds. The third kappa shape index (κ3) is 6.25. The highest BCUT2D eigenvalue weighted by atomic mass is 16.6. The number of esters is 1. The van der Waals surface area contributed by atoms with Crippen molar-refractivity contribution in [2.24, 2.45) is 0 Å². The highest BCUT2D eigenvalue weighted by Gasteiger charge is 2.26. The number of carbonyl (C=O) groups excluding carboxylic acids is 1. The highest BCUT2D eigenvalue weighted by Crippen LogP contribution is 2.16. The molecule has 0 aliphatic carbocycles. The van der Waals surface area contributed by atoms with Crippen molar-refractivity contribution in [3.8, 4) is 0 Å². The summed E-state index contributed by atoms with van der Waals surface area (Å²) >= 11 is 0. The number of ether oxygens (including phenoxy) is 2. The second kappa shape index (κ2) is 5.28. The van der Waals surface area contributed by atoms with E-state index in [4.69, 9.17) is 14.6 Å². The smallest absolute Gasteiger partial charge is 0.330 e. The molecular formula is C11H20O4. The van der Waals surface area contributed by atoms with Gasteiger partial charge in [-0.05, 0) is 27.7 Å². The van der Waals surface area contributed by atoms with Gasteiger partial charge in [-0.3, -0.25) is 0 Å². The third-order valence-electron chi connectivity index (χ3n) is 1.73. The summed E-state index contributed by atoms with van der Waals surface area (Å²) in [6, 6.07) is 0. The summed E-state index contributed by atoms with van der Waals surface area (Å²) in [5, 5.41) is 8.97. The second-order valence-corrected chi connectivity index (χ2v) is 4.59. The van der Waals surface area contributed by atoms with E-state index in [0.717, 1.165) is 6.08 Å². The first-order chi connectivity index (χ1) is 6.72. The minimum absolute atomic E-state index is 0.0848. The Labute approximate surface area is 90.9 Å². The molecule has 15 heavy (non-hydrogen) atoms. The molecule has 0 rings (SSSR count). The first kappa shape index (κ1) is 14.1. The van der Waals surface area contributed by atoms with Gasteiger partial charge in [0.2, 0.25) is 0 Å². The molecule has 0 aliphatic rings. The Morgan fingerprint density at radius 2 is 1.87 bits per heavy atom. The van der Waals surface area contributed by atoms with Gasteiger partial charge in [-0.15, -0.1) is 0 Å². The third-order valence-corrected chi connectivity index (χ3v) is 1.73. The summed E-state index contributed by atoms with van der Waals surface area (Å²) in [4.78, 5) is 11.0. The molecule has 1 N–H and O–H groups in total. The van der Waals surface area contributed by atoms with Crippen LogP contribution in [-0.2, 0) is 14.3 Å². The Hall–Kier alpha value is -0.870. The van der Waals surface area contributed by atoms with E-state index >= 15 is 0 Å². The minimum Gasteiger partial charge on any atom is -0.454 e. The summed E-state index contributed by atoms with van der Waals surface area (Å²) < 4.78 is 10.5. The standard InChI is InChI=1S/C11H20O4/c1-6-9(13)15-11(4,5)8-14-10(2,3)7-12/h6,12H,1,7-8H2,2-5H3. The fourth-order valence-electron chi connectivity index (χ4n) is 0.758. The Morgan fingerprint density at radius 3 is 2.27 bits per heavy atom. The van der Waals surface area contributed by atoms with Crippen molar-refractivity contribution >= 4 is 5.97 Å². The number of aliphatic hydroxyl groups is 1. The van der Waals surface area contributed by atoms with E-state index < -0.39 is 17.2 Å². The van der Waals surface area contributed by atoms with Gasteiger partial charge in [0.05, 0.1) is 18.8 Å². The van der Waals surface area contributed by atoms with Crippen LogP contribution < -0.4 is 0 Å². The maximum absolute atomic E-state index is 11.0. The SMILES string of the molecule is C=CC(=O)OC(C)(C)COC(C)(C)CO. The van der Waals surface area contributed by atoms with Crippen molar-refractivity contribution in [3.05, 3.63) is 12.7 Å². The zero-order valence-corrected chi connectivity index (χ0v) is 9.87. The molecule has 0 saturated carbocycles. The van der Waals surface area contributed by atoms with Crippen molar-refractivity contribution < 1.29 is 19.4 Å². The summed E-state index contributed by atoms with van der Waals surface area (Å²) in [6.45, 7) is 10.5. The average Bonchev–Trinajstić information content (AvgIpc) is 2.14. The van der Waals surface area contributed by atoms with E-state index in [1.807, 2.05) is 0 Å². The summed E-state index contributed by atoms with van der Waals surface area (Å²) in [5.74, 6) is -0.481. The fourth-order valence-corrected chi connectivity index (χ4v) is 0.758. The van der Waals surface area contributed by atoms with Crippen LogP contribution in [0.15, 0.2) is 12.7 Å². The number of carbonyl (C=O) groups is 1. The summed E-state index contributed by atoms with van der Waals surface area (Å²) in [5.41, 5.74) is -1.35. The molecule has 0 aromatic carbocycles. The van der Waals surface area contributed by atoms with Gasteiger partial charge in [0, 0.05) is 6.08 Å². The maximum atomic E-state index is 11.0. The van der Waals surface area contributed by atoms with Crippen LogP contribution in [0.3, 0.4) is 0 Å². The first-order valence-electron chi connectivity index (χ1n) is 4.83. The van der Waals surface area contributed by atoms with Crippen LogP contribution >= 0.6 is 0 Å². The Balaban J connectivity index is 4.15. The van der Waals surface area contributed by atoms with Crippen LogP contribution in [0, 0.1) is 0 Å². The minimum atomic E-state index is -0.724. The maximum Gasteiger partial charge on any atom is 0.330 e. The molecule has 0 unspecified atom stereocenters. The Kier molecular flexibility index (Phi) is 4.97. The van der Waals surface area contributed by atoms with Crippen molar-refractivity contribution in [2.45, 2.75) is 38.9 Å². The van der Waals surface area contributed by atoms with Gasteiger partial charge >= 0.3 is 5.97 Å². The molecule has 0 saturated heterocycles. The van der Waals surface area contributed by atoms with Crippen LogP contribution in [-0.4, -0.2) is 35.5 Å². The second-order valence-electron chi connectivity index (χ2n) is 4.59. The molecule has 4 heteroatoms. The largest absolute Gasteiger partial charge is 0.454 e. The normalized spacial score (nSPS) is 12.3. The van der Waals surface area contributed by atoms with Gasteiger partial charge in [-0.25, -0.2) is 4.79 Å². The monoisotopic (exact) mass is 216 g/mol. The molecule has 0 radical (unpaired) electrons. The molecule has 0 spiro atoms. The molecule has 0 aromatic rings. The lowest BCUT2D eigenvalue weighted by Gasteiger charge is -2.30. The van der Waals surface area contributed by atoms with E-state index in [9.17, 15) is 4.79 Å². The molecule has 4 nitrogen and oxygen atoms in total. The average molecular weight is 216 g/mol. The quantitative estimate of drug-likeness (QED) is 0.537. The molecule has 0 aliphatic heterocycles. The Bertz CT molecular complexity index is 231. The lowest BCUT2D eigenvalue weighted by Crippen LogP contribution is -2.39. The highest BCUT2D eigenvalue weighted by molar-refractivity contribution is 5.81. The van der Waals surface area contributed by atoms with Crippen molar-refractivity contribution in [3.63, 3.8) is 0 Å². The fraction of sp³-hybridized carbons (Fsp3) is 0.727. The van der Waals surface area contributed by atoms with Crippen LogP contribution in [0.2, 0.25) is 0 Å². The van der Waals surface area contributed by atoms with Crippen molar-refractivity contribution in [2.75, 3.05) is 13.2 Å². The van der Waals surface area contributed by atoms with Crippen molar-refractivity contribution in [1.82, 2.24) is 0 Å². The van der Waals surface area contributed by atoms with Gasteiger partial charge in [-0.2, -0.15) is 0 Å². The summed E-state index contributed by atoms with van der Waals surface area (Å²) in [7, 11) is 0. The molecule has 0 bridgehead atoms. The number of rotatable bonds is 6. The van der Waals surface area contributed by atoms with Crippen LogP contribution in [0.25, 0.3) is 0 Å². The van der Waals surface area contributed by atoms with E-state index in [0.29, 0.717) is 0 Å². The lowest BCUT2D eigenvalue weighted by molar-refractivity contribution is -0.164. The van der Waals surface area contributed by atoms with Crippen LogP contribution in [0.4, 0.5) is 0 Å². The molecule has 0 aromatic heterocycles. The molecular weight excluding hydrogens is 196 g/mol. The lowest BCUT2D eigenvalue weighted by atomic mass is 10.1. The summed E-state index contributed by atoms with van der Waals surface area (Å²) in [6.07, 6.45) is 1.11. The van der Waals surface area contributed by atoms with Gasteiger partial charge in [0.25, 0.3) is 0 Å². The van der Waals surface area contributed by atoms with E-state index in [2.05, 4.69) is 6.58 Å². The number of hydrogen-bond acceptors (Lipinski definition) is 4. The molecule has 0 fully saturated rings. The Morgan fingerprint density at radius 1 is 1.33 bits per heavy atom. The number of aliphatic hydroxyl groups excluding tert-OH is 1. The predicted octanol–water partition coefficient (Wildman–Crippen LogP) is 1.28. The van der Waals surface area contributed by atoms with E-state index in [1.165, 1.54) is 0 Å². The van der Waals surface area contributed by atoms with E-state index in [1.54, 1.807) is 27.7 Å². The molecule has 0 atom stereocenters. The van der Waals surface area contributed by atoms with Crippen LogP contribution in [0.1, 0.15) is 27.7 Å². The predicted molar refractivity (Wildman–Crippen MR) is 57.5 cm³/mol. The van der Waals surface area contributed by atoms with Gasteiger partial charge in [0.15, 0.2) is 0 Å². The zero-order chi connectivity index (χ0) is 12.1. The van der Waals surface area contributed by atoms with Crippen LogP contribution in [0.5, 0.6) is 0 Å². The molecule has 88 valence electrons. The molecule has 0 heterocycles. The zero-order valence-electron chi connectivity index (χ0n) is 9.87. The van der Waals surface area contributed by atoms with E-state index in [-0.39, 0.29) is 13.2 Å². The number of hydrogen-bond donors (Lipinski definition) is 1. The van der Waals surface area contributed by atoms with Crippen molar-refractivity contribution in [1.29, 1.82) is 0 Å². The first-order valence-corrected chi connectivity index (χ1v) is 4.83. The topological polar surface area (TPSA) is 55.8 Å². The van der Waals surface area contributed by atoms with Gasteiger partial charge < -0.3 is 14.6 Å². The van der Waals surface area contributed by atoms with Gasteiger partial charge in [-0.1, -0.05) is 6.58 Å². The van der Waals surface area contributed by atoms with Gasteiger partial charge in [0.1, 0.15) is 5.60 Å².